The zero-order valence-electron chi connectivity index (χ0n) is 13.3. The van der Waals surface area contributed by atoms with Crippen LogP contribution in [0.3, 0.4) is 0 Å². The fourth-order valence-corrected chi connectivity index (χ4v) is 2.96. The van der Waals surface area contributed by atoms with E-state index >= 15 is 0 Å². The maximum absolute atomic E-state index is 9.50. The Balaban J connectivity index is 1.80. The van der Waals surface area contributed by atoms with E-state index in [0.29, 0.717) is 11.2 Å². The molecular formula is C18H16N6. The molecule has 0 saturated carbocycles. The fourth-order valence-electron chi connectivity index (χ4n) is 2.96. The molecule has 0 aliphatic heterocycles. The van der Waals surface area contributed by atoms with Crippen LogP contribution in [0.5, 0.6) is 0 Å². The maximum Gasteiger partial charge on any atom is 0.157 e. The van der Waals surface area contributed by atoms with Crippen LogP contribution in [0.2, 0.25) is 0 Å². The Morgan fingerprint density at radius 2 is 2.12 bits per heavy atom. The number of benzene rings is 1. The van der Waals surface area contributed by atoms with Crippen LogP contribution < -0.4 is 5.32 Å². The lowest BCUT2D eigenvalue weighted by atomic mass is 10.1. The standard InChI is InChI=1S/C18H16N6/c1-13-11-17(20-8-10-23-9-4-7-21-23)24-16-6-3-2-5-15(16)22-18(24)14(13)12-19/h2-7,9,11,20H,8,10H2,1H3. The van der Waals surface area contributed by atoms with Crippen molar-refractivity contribution in [3.05, 3.63) is 59.9 Å². The van der Waals surface area contributed by atoms with Gasteiger partial charge >= 0.3 is 0 Å². The van der Waals surface area contributed by atoms with Crippen molar-refractivity contribution < 1.29 is 0 Å². The molecule has 0 radical (unpaired) electrons. The predicted octanol–water partition coefficient (Wildman–Crippen LogP) is 2.98. The second kappa shape index (κ2) is 5.70. The minimum atomic E-state index is 0.615. The van der Waals surface area contributed by atoms with Gasteiger partial charge in [0.25, 0.3) is 0 Å². The van der Waals surface area contributed by atoms with E-state index in [-0.39, 0.29) is 0 Å². The van der Waals surface area contributed by atoms with Crippen molar-refractivity contribution in [3.8, 4) is 6.07 Å². The molecule has 6 nitrogen and oxygen atoms in total. The van der Waals surface area contributed by atoms with Gasteiger partial charge in [-0.05, 0) is 36.8 Å². The van der Waals surface area contributed by atoms with Gasteiger partial charge in [-0.1, -0.05) is 12.1 Å². The summed E-state index contributed by atoms with van der Waals surface area (Å²) in [4.78, 5) is 4.65. The predicted molar refractivity (Wildman–Crippen MR) is 92.9 cm³/mol. The van der Waals surface area contributed by atoms with Gasteiger partial charge in [-0.2, -0.15) is 10.4 Å². The summed E-state index contributed by atoms with van der Waals surface area (Å²) < 4.78 is 3.90. The molecule has 4 aromatic rings. The third kappa shape index (κ3) is 2.27. The summed E-state index contributed by atoms with van der Waals surface area (Å²) in [6.45, 7) is 3.44. The van der Waals surface area contributed by atoms with E-state index < -0.39 is 0 Å². The molecule has 0 aliphatic carbocycles. The van der Waals surface area contributed by atoms with Gasteiger partial charge < -0.3 is 5.32 Å². The van der Waals surface area contributed by atoms with Crippen LogP contribution in [0.15, 0.2) is 48.8 Å². The van der Waals surface area contributed by atoms with Gasteiger partial charge in [0.1, 0.15) is 11.9 Å². The van der Waals surface area contributed by atoms with Crippen LogP contribution in [-0.4, -0.2) is 25.7 Å². The van der Waals surface area contributed by atoms with E-state index in [1.807, 2.05) is 58.6 Å². The molecule has 0 aliphatic rings. The molecule has 0 fully saturated rings. The summed E-state index contributed by atoms with van der Waals surface area (Å²) in [6.07, 6.45) is 3.71. The Labute approximate surface area is 139 Å². The van der Waals surface area contributed by atoms with Gasteiger partial charge in [-0.15, -0.1) is 0 Å². The number of aromatic nitrogens is 4. The topological polar surface area (TPSA) is 70.9 Å². The van der Waals surface area contributed by atoms with E-state index in [0.717, 1.165) is 35.5 Å². The summed E-state index contributed by atoms with van der Waals surface area (Å²) in [7, 11) is 0. The van der Waals surface area contributed by atoms with Crippen molar-refractivity contribution in [2.24, 2.45) is 0 Å². The summed E-state index contributed by atoms with van der Waals surface area (Å²) in [5.41, 5.74) is 4.10. The van der Waals surface area contributed by atoms with Crippen molar-refractivity contribution >= 4 is 22.5 Å². The van der Waals surface area contributed by atoms with Gasteiger partial charge in [0.05, 0.1) is 23.1 Å². The number of fused-ring (bicyclic) bond motifs is 3. The lowest BCUT2D eigenvalue weighted by Gasteiger charge is -2.12. The monoisotopic (exact) mass is 316 g/mol. The van der Waals surface area contributed by atoms with Crippen molar-refractivity contribution in [1.29, 1.82) is 5.26 Å². The van der Waals surface area contributed by atoms with Gasteiger partial charge in [0.15, 0.2) is 5.65 Å². The lowest BCUT2D eigenvalue weighted by Crippen LogP contribution is -2.13. The Morgan fingerprint density at radius 3 is 2.92 bits per heavy atom. The number of hydrogen-bond donors (Lipinski definition) is 1. The third-order valence-corrected chi connectivity index (χ3v) is 4.09. The summed E-state index contributed by atoms with van der Waals surface area (Å²) >= 11 is 0. The largest absolute Gasteiger partial charge is 0.369 e. The van der Waals surface area contributed by atoms with E-state index in [1.165, 1.54) is 0 Å². The van der Waals surface area contributed by atoms with Crippen molar-refractivity contribution in [3.63, 3.8) is 0 Å². The number of nitriles is 1. The summed E-state index contributed by atoms with van der Waals surface area (Å²) in [6, 6.07) is 14.1. The highest BCUT2D eigenvalue weighted by Gasteiger charge is 2.14. The Hall–Kier alpha value is -3.33. The first-order chi connectivity index (χ1) is 11.8. The van der Waals surface area contributed by atoms with Crippen LogP contribution in [0.25, 0.3) is 16.7 Å². The minimum Gasteiger partial charge on any atom is -0.369 e. The highest BCUT2D eigenvalue weighted by Crippen LogP contribution is 2.26. The first-order valence-corrected chi connectivity index (χ1v) is 7.80. The number of nitrogens with one attached hydrogen (secondary N) is 1. The van der Waals surface area contributed by atoms with E-state index in [2.05, 4.69) is 21.5 Å². The molecule has 6 heteroatoms. The second-order valence-electron chi connectivity index (χ2n) is 5.65. The second-order valence-corrected chi connectivity index (χ2v) is 5.65. The summed E-state index contributed by atoms with van der Waals surface area (Å²) in [5, 5.41) is 17.2. The zero-order chi connectivity index (χ0) is 16.5. The number of imidazole rings is 1. The zero-order valence-corrected chi connectivity index (χ0v) is 13.3. The average Bonchev–Trinajstić information content (AvgIpc) is 3.22. The highest BCUT2D eigenvalue weighted by molar-refractivity contribution is 5.85. The van der Waals surface area contributed by atoms with Crippen LogP contribution in [0.1, 0.15) is 11.1 Å². The van der Waals surface area contributed by atoms with Gasteiger partial charge in [-0.25, -0.2) is 4.98 Å². The molecule has 3 heterocycles. The van der Waals surface area contributed by atoms with Crippen molar-refractivity contribution in [2.45, 2.75) is 13.5 Å². The first kappa shape index (κ1) is 14.3. The van der Waals surface area contributed by atoms with Crippen LogP contribution in [-0.2, 0) is 6.54 Å². The Kier molecular flexibility index (Phi) is 3.39. The Morgan fingerprint density at radius 1 is 1.25 bits per heavy atom. The first-order valence-electron chi connectivity index (χ1n) is 7.80. The number of anilines is 1. The number of para-hydroxylation sites is 2. The van der Waals surface area contributed by atoms with Gasteiger partial charge in [0, 0.05) is 18.9 Å². The van der Waals surface area contributed by atoms with Crippen molar-refractivity contribution in [1.82, 2.24) is 19.2 Å². The van der Waals surface area contributed by atoms with E-state index in [9.17, 15) is 5.26 Å². The van der Waals surface area contributed by atoms with Crippen LogP contribution in [0.4, 0.5) is 5.82 Å². The number of rotatable bonds is 4. The molecule has 4 rings (SSSR count). The number of hydrogen-bond acceptors (Lipinski definition) is 4. The average molecular weight is 316 g/mol. The Bertz CT molecular complexity index is 1050. The smallest absolute Gasteiger partial charge is 0.157 e. The molecule has 0 spiro atoms. The van der Waals surface area contributed by atoms with Gasteiger partial charge in [0.2, 0.25) is 0 Å². The van der Waals surface area contributed by atoms with E-state index in [4.69, 9.17) is 0 Å². The minimum absolute atomic E-state index is 0.615. The van der Waals surface area contributed by atoms with Crippen LogP contribution in [0, 0.1) is 18.3 Å². The summed E-state index contributed by atoms with van der Waals surface area (Å²) in [5.74, 6) is 0.933. The molecule has 0 amide bonds. The SMILES string of the molecule is Cc1cc(NCCn2cccn2)n2c(nc3ccccc32)c1C#N. The van der Waals surface area contributed by atoms with Gasteiger partial charge in [-0.3, -0.25) is 9.08 Å². The fraction of sp³-hybridized carbons (Fsp3) is 0.167. The number of aryl methyl sites for hydroxylation is 1. The molecule has 3 aromatic heterocycles. The normalized spacial score (nSPS) is 11.0. The molecule has 1 N–H and O–H groups in total. The molecule has 24 heavy (non-hydrogen) atoms. The maximum atomic E-state index is 9.50. The highest BCUT2D eigenvalue weighted by atomic mass is 15.3. The molecule has 0 unspecified atom stereocenters. The molecule has 0 saturated heterocycles. The van der Waals surface area contributed by atoms with Crippen LogP contribution >= 0.6 is 0 Å². The molecule has 1 aromatic carbocycles. The quantitative estimate of drug-likeness (QED) is 0.628. The number of pyridine rings is 1. The van der Waals surface area contributed by atoms with E-state index in [1.54, 1.807) is 6.20 Å². The third-order valence-electron chi connectivity index (χ3n) is 4.09. The molecule has 0 bridgehead atoms. The van der Waals surface area contributed by atoms with Crippen molar-refractivity contribution in [2.75, 3.05) is 11.9 Å². The number of nitrogens with zero attached hydrogens (tertiary/aromatic N) is 5. The lowest BCUT2D eigenvalue weighted by molar-refractivity contribution is 0.637. The molecule has 118 valence electrons. The molecule has 0 atom stereocenters. The molecular weight excluding hydrogens is 300 g/mol.